The van der Waals surface area contributed by atoms with Gasteiger partial charge in [-0.2, -0.15) is 0 Å². The topological polar surface area (TPSA) is 69.7 Å². The average molecular weight is 381 g/mol. The third-order valence-corrected chi connectivity index (χ3v) is 5.43. The predicted molar refractivity (Wildman–Crippen MR) is 105 cm³/mol. The highest BCUT2D eigenvalue weighted by Crippen LogP contribution is 2.25. The second-order valence-electron chi connectivity index (χ2n) is 6.40. The summed E-state index contributed by atoms with van der Waals surface area (Å²) in [5.74, 6) is 0. The standard InChI is InChI=1S/C20H19N3O3S/c24-23(25)17-10-8-15(9-11-17)19-14-27-20(21-16-5-2-1-3-6-16)22(19)13-18-7-4-12-26-18/h1-3,5-6,8-11,14,18H,4,7,12-13H2. The van der Waals surface area contributed by atoms with Gasteiger partial charge in [0.05, 0.1) is 29.0 Å². The molecule has 4 rings (SSSR count). The number of ether oxygens (including phenoxy) is 1. The first-order valence-corrected chi connectivity index (χ1v) is 9.73. The second-order valence-corrected chi connectivity index (χ2v) is 7.24. The maximum atomic E-state index is 10.9. The highest BCUT2D eigenvalue weighted by atomic mass is 32.1. The molecule has 0 N–H and O–H groups in total. The number of nitrogens with zero attached hydrogens (tertiary/aromatic N) is 3. The fourth-order valence-electron chi connectivity index (χ4n) is 3.18. The average Bonchev–Trinajstić information content (AvgIpc) is 3.34. The van der Waals surface area contributed by atoms with Gasteiger partial charge in [-0.25, -0.2) is 4.99 Å². The Labute approximate surface area is 160 Å². The van der Waals surface area contributed by atoms with Gasteiger partial charge < -0.3 is 9.30 Å². The van der Waals surface area contributed by atoms with Gasteiger partial charge in [-0.1, -0.05) is 18.2 Å². The third kappa shape index (κ3) is 3.99. The fourth-order valence-corrected chi connectivity index (χ4v) is 4.12. The van der Waals surface area contributed by atoms with Gasteiger partial charge in [0.15, 0.2) is 4.80 Å². The molecule has 1 unspecified atom stereocenters. The fraction of sp³-hybridized carbons (Fsp3) is 0.250. The molecule has 2 heterocycles. The van der Waals surface area contributed by atoms with Crippen LogP contribution in [0.4, 0.5) is 11.4 Å². The van der Waals surface area contributed by atoms with Crippen molar-refractivity contribution in [3.05, 3.63) is 74.9 Å². The van der Waals surface area contributed by atoms with Crippen molar-refractivity contribution in [2.45, 2.75) is 25.5 Å². The largest absolute Gasteiger partial charge is 0.376 e. The highest BCUT2D eigenvalue weighted by Gasteiger charge is 2.19. The Hall–Kier alpha value is -2.77. The van der Waals surface area contributed by atoms with Crippen molar-refractivity contribution in [1.82, 2.24) is 4.57 Å². The van der Waals surface area contributed by atoms with E-state index in [4.69, 9.17) is 9.73 Å². The lowest BCUT2D eigenvalue weighted by Crippen LogP contribution is -2.24. The first-order valence-electron chi connectivity index (χ1n) is 8.85. The number of nitro groups is 1. The quantitative estimate of drug-likeness (QED) is 0.481. The van der Waals surface area contributed by atoms with Crippen molar-refractivity contribution in [2.24, 2.45) is 4.99 Å². The van der Waals surface area contributed by atoms with Crippen LogP contribution in [0.5, 0.6) is 0 Å². The Morgan fingerprint density at radius 2 is 1.96 bits per heavy atom. The number of nitro benzene ring substituents is 1. The first kappa shape index (κ1) is 17.6. The Morgan fingerprint density at radius 1 is 1.19 bits per heavy atom. The van der Waals surface area contributed by atoms with E-state index in [1.54, 1.807) is 23.5 Å². The molecule has 7 heteroatoms. The van der Waals surface area contributed by atoms with Gasteiger partial charge in [0.2, 0.25) is 0 Å². The summed E-state index contributed by atoms with van der Waals surface area (Å²) in [7, 11) is 0. The van der Waals surface area contributed by atoms with Crippen LogP contribution in [0.1, 0.15) is 12.8 Å². The number of para-hydroxylation sites is 1. The van der Waals surface area contributed by atoms with Crippen LogP contribution in [0.25, 0.3) is 11.3 Å². The lowest BCUT2D eigenvalue weighted by Gasteiger charge is -2.14. The Bertz CT molecular complexity index is 987. The molecular formula is C20H19N3O3S. The van der Waals surface area contributed by atoms with E-state index in [1.807, 2.05) is 30.3 Å². The molecule has 0 amide bonds. The van der Waals surface area contributed by atoms with Crippen molar-refractivity contribution in [3.8, 4) is 11.3 Å². The van der Waals surface area contributed by atoms with E-state index in [9.17, 15) is 10.1 Å². The molecule has 2 aromatic carbocycles. The molecule has 0 saturated carbocycles. The zero-order valence-corrected chi connectivity index (χ0v) is 15.5. The van der Waals surface area contributed by atoms with Crippen LogP contribution >= 0.6 is 11.3 Å². The molecule has 3 aromatic rings. The predicted octanol–water partition coefficient (Wildman–Crippen LogP) is 4.54. The van der Waals surface area contributed by atoms with E-state index >= 15 is 0 Å². The molecule has 1 atom stereocenters. The maximum Gasteiger partial charge on any atom is 0.269 e. The van der Waals surface area contributed by atoms with Crippen LogP contribution in [0.2, 0.25) is 0 Å². The van der Waals surface area contributed by atoms with Gasteiger partial charge in [-0.05, 0) is 42.7 Å². The minimum atomic E-state index is -0.381. The number of benzene rings is 2. The van der Waals surface area contributed by atoms with Crippen LogP contribution in [0.3, 0.4) is 0 Å². The van der Waals surface area contributed by atoms with E-state index in [1.165, 1.54) is 12.1 Å². The van der Waals surface area contributed by atoms with Gasteiger partial charge in [0.25, 0.3) is 5.69 Å². The van der Waals surface area contributed by atoms with E-state index in [0.29, 0.717) is 0 Å². The normalized spacial score (nSPS) is 17.3. The minimum absolute atomic E-state index is 0.0915. The molecule has 0 spiro atoms. The Morgan fingerprint density at radius 3 is 2.63 bits per heavy atom. The van der Waals surface area contributed by atoms with Crippen molar-refractivity contribution in [3.63, 3.8) is 0 Å². The van der Waals surface area contributed by atoms with Crippen LogP contribution in [-0.4, -0.2) is 22.2 Å². The molecule has 0 radical (unpaired) electrons. The number of hydrogen-bond acceptors (Lipinski definition) is 5. The minimum Gasteiger partial charge on any atom is -0.376 e. The van der Waals surface area contributed by atoms with Gasteiger partial charge in [0.1, 0.15) is 0 Å². The SMILES string of the molecule is O=[N+]([O-])c1ccc(-c2csc(=Nc3ccccc3)n2CC2CCCO2)cc1. The Kier molecular flexibility index (Phi) is 5.13. The van der Waals surface area contributed by atoms with E-state index in [0.717, 1.165) is 47.7 Å². The van der Waals surface area contributed by atoms with Crippen molar-refractivity contribution in [2.75, 3.05) is 6.61 Å². The molecule has 0 bridgehead atoms. The van der Waals surface area contributed by atoms with Gasteiger partial charge in [-0.3, -0.25) is 10.1 Å². The number of thiazole rings is 1. The van der Waals surface area contributed by atoms with E-state index in [-0.39, 0.29) is 16.7 Å². The summed E-state index contributed by atoms with van der Waals surface area (Å²) in [5, 5.41) is 13.0. The molecule has 1 saturated heterocycles. The smallest absolute Gasteiger partial charge is 0.269 e. The summed E-state index contributed by atoms with van der Waals surface area (Å²) < 4.78 is 7.99. The zero-order chi connectivity index (χ0) is 18.6. The van der Waals surface area contributed by atoms with E-state index in [2.05, 4.69) is 9.95 Å². The van der Waals surface area contributed by atoms with Crippen LogP contribution in [0.15, 0.2) is 65.0 Å². The summed E-state index contributed by atoms with van der Waals surface area (Å²) in [6.07, 6.45) is 2.28. The van der Waals surface area contributed by atoms with Crippen molar-refractivity contribution < 1.29 is 9.66 Å². The monoisotopic (exact) mass is 381 g/mol. The molecule has 27 heavy (non-hydrogen) atoms. The van der Waals surface area contributed by atoms with Crippen molar-refractivity contribution in [1.29, 1.82) is 0 Å². The van der Waals surface area contributed by atoms with E-state index < -0.39 is 0 Å². The molecule has 1 aliphatic heterocycles. The lowest BCUT2D eigenvalue weighted by atomic mass is 10.1. The lowest BCUT2D eigenvalue weighted by molar-refractivity contribution is -0.384. The molecule has 1 fully saturated rings. The third-order valence-electron chi connectivity index (χ3n) is 4.56. The molecule has 0 aliphatic carbocycles. The number of hydrogen-bond donors (Lipinski definition) is 0. The molecular weight excluding hydrogens is 362 g/mol. The van der Waals surface area contributed by atoms with Crippen LogP contribution in [-0.2, 0) is 11.3 Å². The second kappa shape index (κ2) is 7.85. The summed E-state index contributed by atoms with van der Waals surface area (Å²) in [5.41, 5.74) is 2.92. The molecule has 1 aliphatic rings. The number of rotatable bonds is 5. The van der Waals surface area contributed by atoms with Crippen LogP contribution in [0, 0.1) is 10.1 Å². The van der Waals surface area contributed by atoms with Crippen molar-refractivity contribution >= 4 is 22.7 Å². The van der Waals surface area contributed by atoms with Crippen LogP contribution < -0.4 is 4.80 Å². The summed E-state index contributed by atoms with van der Waals surface area (Å²) in [6.45, 7) is 1.52. The first-order chi connectivity index (χ1) is 13.2. The summed E-state index contributed by atoms with van der Waals surface area (Å²) >= 11 is 1.57. The number of non-ortho nitro benzene ring substituents is 1. The molecule has 138 valence electrons. The zero-order valence-electron chi connectivity index (χ0n) is 14.7. The number of aromatic nitrogens is 1. The van der Waals surface area contributed by atoms with Gasteiger partial charge in [0, 0.05) is 24.1 Å². The summed E-state index contributed by atoms with van der Waals surface area (Å²) in [6, 6.07) is 16.5. The molecule has 1 aromatic heterocycles. The Balaban J connectivity index is 1.76. The highest BCUT2D eigenvalue weighted by molar-refractivity contribution is 7.07. The molecule has 6 nitrogen and oxygen atoms in total. The summed E-state index contributed by atoms with van der Waals surface area (Å²) in [4.78, 5) is 16.2. The van der Waals surface area contributed by atoms with Gasteiger partial charge >= 0.3 is 0 Å². The van der Waals surface area contributed by atoms with Gasteiger partial charge in [-0.15, -0.1) is 11.3 Å². The maximum absolute atomic E-state index is 10.9.